The van der Waals surface area contributed by atoms with Gasteiger partial charge in [0.15, 0.2) is 9.84 Å². The minimum absolute atomic E-state index is 0.0662. The van der Waals surface area contributed by atoms with E-state index in [0.717, 1.165) is 6.26 Å². The van der Waals surface area contributed by atoms with Gasteiger partial charge in [-0.2, -0.15) is 0 Å². The van der Waals surface area contributed by atoms with Crippen molar-refractivity contribution in [2.45, 2.75) is 11.3 Å². The molecule has 1 heterocycles. The highest BCUT2D eigenvalue weighted by Gasteiger charge is 2.32. The highest BCUT2D eigenvalue weighted by atomic mass is 32.2. The van der Waals surface area contributed by atoms with E-state index in [1.54, 1.807) is 18.2 Å². The van der Waals surface area contributed by atoms with Crippen molar-refractivity contribution in [1.82, 2.24) is 0 Å². The number of hydrogen-bond acceptors (Lipinski definition) is 4. The maximum absolute atomic E-state index is 11.8. The van der Waals surface area contributed by atoms with Crippen LogP contribution < -0.4 is 4.90 Å². The van der Waals surface area contributed by atoms with E-state index >= 15 is 0 Å². The number of aliphatic hydroxyl groups is 1. The molecule has 1 saturated heterocycles. The number of nitrogens with zero attached hydrogens (tertiary/aromatic N) is 1. The normalized spacial score (nSPS) is 20.4. The minimum Gasteiger partial charge on any atom is -0.396 e. The fraction of sp³-hybridized carbons (Fsp3) is 0.417. The number of carbonyl (C=O) groups is 1. The fourth-order valence-corrected chi connectivity index (χ4v) is 3.01. The maximum atomic E-state index is 11.8. The van der Waals surface area contributed by atoms with Crippen molar-refractivity contribution >= 4 is 21.4 Å². The molecule has 0 spiro atoms. The van der Waals surface area contributed by atoms with Crippen LogP contribution in [-0.4, -0.2) is 38.8 Å². The Morgan fingerprint density at radius 2 is 2.06 bits per heavy atom. The number of para-hydroxylation sites is 1. The van der Waals surface area contributed by atoms with Crippen molar-refractivity contribution in [1.29, 1.82) is 0 Å². The molecule has 1 N–H and O–H groups in total. The predicted octanol–water partition coefficient (Wildman–Crippen LogP) is 0.435. The molecule has 1 aliphatic heterocycles. The van der Waals surface area contributed by atoms with Crippen LogP contribution in [0.15, 0.2) is 29.2 Å². The quantitative estimate of drug-likeness (QED) is 0.863. The number of sulfone groups is 1. The van der Waals surface area contributed by atoms with Crippen molar-refractivity contribution in [3.05, 3.63) is 24.3 Å². The second kappa shape index (κ2) is 4.70. The standard InChI is InChI=1S/C12H15NO4S/c1-18(16,17)11-5-3-2-4-10(11)13-7-9(8-14)6-12(13)15/h2-5,9,14H,6-8H2,1H3. The smallest absolute Gasteiger partial charge is 0.227 e. The molecule has 5 nitrogen and oxygen atoms in total. The number of hydrogen-bond donors (Lipinski definition) is 1. The van der Waals surface area contributed by atoms with Crippen LogP contribution in [0.5, 0.6) is 0 Å². The highest BCUT2D eigenvalue weighted by Crippen LogP contribution is 2.30. The first-order valence-electron chi connectivity index (χ1n) is 5.64. The molecule has 1 fully saturated rings. The van der Waals surface area contributed by atoms with Gasteiger partial charge in [-0.15, -0.1) is 0 Å². The van der Waals surface area contributed by atoms with Crippen molar-refractivity contribution in [3.8, 4) is 0 Å². The topological polar surface area (TPSA) is 74.7 Å². The van der Waals surface area contributed by atoms with E-state index in [1.807, 2.05) is 0 Å². The lowest BCUT2D eigenvalue weighted by atomic mass is 10.1. The molecule has 1 aromatic rings. The molecule has 2 rings (SSSR count). The van der Waals surface area contributed by atoms with Crippen LogP contribution in [0.25, 0.3) is 0 Å². The van der Waals surface area contributed by atoms with Crippen LogP contribution in [0.4, 0.5) is 5.69 Å². The first-order chi connectivity index (χ1) is 8.43. The van der Waals surface area contributed by atoms with Gasteiger partial charge in [0.1, 0.15) is 0 Å². The molecular formula is C12H15NO4S. The van der Waals surface area contributed by atoms with Gasteiger partial charge >= 0.3 is 0 Å². The Bertz CT molecular complexity index is 567. The SMILES string of the molecule is CS(=O)(=O)c1ccccc1N1CC(CO)CC1=O. The third-order valence-electron chi connectivity index (χ3n) is 3.02. The molecule has 1 atom stereocenters. The first-order valence-corrected chi connectivity index (χ1v) is 7.53. The van der Waals surface area contributed by atoms with Crippen LogP contribution >= 0.6 is 0 Å². The summed E-state index contributed by atoms with van der Waals surface area (Å²) in [6, 6.07) is 6.44. The zero-order chi connectivity index (χ0) is 13.3. The van der Waals surface area contributed by atoms with Gasteiger partial charge in [0.25, 0.3) is 0 Å². The van der Waals surface area contributed by atoms with Gasteiger partial charge in [-0.3, -0.25) is 4.79 Å². The molecule has 0 aliphatic carbocycles. The fourth-order valence-electron chi connectivity index (χ4n) is 2.13. The summed E-state index contributed by atoms with van der Waals surface area (Å²) in [5.41, 5.74) is 0.404. The third-order valence-corrected chi connectivity index (χ3v) is 4.16. The lowest BCUT2D eigenvalue weighted by Gasteiger charge is -2.19. The number of rotatable bonds is 3. The molecule has 1 aliphatic rings. The Morgan fingerprint density at radius 1 is 1.39 bits per heavy atom. The van der Waals surface area contributed by atoms with Gasteiger partial charge in [-0.05, 0) is 12.1 Å². The number of amides is 1. The van der Waals surface area contributed by atoms with E-state index in [0.29, 0.717) is 12.2 Å². The van der Waals surface area contributed by atoms with Gasteiger partial charge in [0.2, 0.25) is 5.91 Å². The monoisotopic (exact) mass is 269 g/mol. The van der Waals surface area contributed by atoms with Gasteiger partial charge in [0.05, 0.1) is 10.6 Å². The number of aliphatic hydroxyl groups excluding tert-OH is 1. The predicted molar refractivity (Wildman–Crippen MR) is 67.1 cm³/mol. The Labute approximate surface area is 106 Å². The van der Waals surface area contributed by atoms with Crippen molar-refractivity contribution in [2.75, 3.05) is 24.3 Å². The molecule has 6 heteroatoms. The van der Waals surface area contributed by atoms with Crippen molar-refractivity contribution in [3.63, 3.8) is 0 Å². The number of benzene rings is 1. The summed E-state index contributed by atoms with van der Waals surface area (Å²) >= 11 is 0. The highest BCUT2D eigenvalue weighted by molar-refractivity contribution is 7.90. The minimum atomic E-state index is -3.37. The summed E-state index contributed by atoms with van der Waals surface area (Å²) in [4.78, 5) is 13.4. The Kier molecular flexibility index (Phi) is 3.41. The average Bonchev–Trinajstić information content (AvgIpc) is 2.69. The molecule has 0 radical (unpaired) electrons. The van der Waals surface area contributed by atoms with Gasteiger partial charge < -0.3 is 10.0 Å². The largest absolute Gasteiger partial charge is 0.396 e. The zero-order valence-electron chi connectivity index (χ0n) is 10.0. The molecular weight excluding hydrogens is 254 g/mol. The van der Waals surface area contributed by atoms with Gasteiger partial charge in [0, 0.05) is 31.7 Å². The molecule has 0 saturated carbocycles. The maximum Gasteiger partial charge on any atom is 0.227 e. The van der Waals surface area contributed by atoms with Crippen LogP contribution in [-0.2, 0) is 14.6 Å². The Balaban J connectivity index is 2.44. The van der Waals surface area contributed by atoms with Crippen molar-refractivity contribution < 1.29 is 18.3 Å². The van der Waals surface area contributed by atoms with E-state index in [-0.39, 0.29) is 29.7 Å². The van der Waals surface area contributed by atoms with Crippen LogP contribution in [0.2, 0.25) is 0 Å². The molecule has 0 aromatic heterocycles. The number of carbonyl (C=O) groups excluding carboxylic acids is 1. The average molecular weight is 269 g/mol. The summed E-state index contributed by atoms with van der Waals surface area (Å²) in [7, 11) is -3.37. The molecule has 1 unspecified atom stereocenters. The lowest BCUT2D eigenvalue weighted by molar-refractivity contribution is -0.117. The van der Waals surface area contributed by atoms with E-state index in [1.165, 1.54) is 11.0 Å². The summed E-state index contributed by atoms with van der Waals surface area (Å²) < 4.78 is 23.4. The number of anilines is 1. The molecule has 0 bridgehead atoms. The summed E-state index contributed by atoms with van der Waals surface area (Å²) in [5.74, 6) is -0.268. The van der Waals surface area contributed by atoms with Crippen molar-refractivity contribution in [2.24, 2.45) is 5.92 Å². The van der Waals surface area contributed by atoms with Crippen LogP contribution in [0, 0.1) is 5.92 Å². The lowest BCUT2D eigenvalue weighted by Crippen LogP contribution is -2.26. The van der Waals surface area contributed by atoms with E-state index in [4.69, 9.17) is 5.11 Å². The van der Waals surface area contributed by atoms with Gasteiger partial charge in [-0.1, -0.05) is 12.1 Å². The van der Waals surface area contributed by atoms with Crippen LogP contribution in [0.3, 0.4) is 0 Å². The molecule has 1 aromatic carbocycles. The Morgan fingerprint density at radius 3 is 2.61 bits per heavy atom. The first kappa shape index (κ1) is 13.0. The second-order valence-corrected chi connectivity index (χ2v) is 6.48. The molecule has 18 heavy (non-hydrogen) atoms. The summed E-state index contributed by atoms with van der Waals surface area (Å²) in [6.45, 7) is 0.297. The van der Waals surface area contributed by atoms with E-state index < -0.39 is 9.84 Å². The molecule has 1 amide bonds. The molecule has 98 valence electrons. The third kappa shape index (κ3) is 2.39. The van der Waals surface area contributed by atoms with E-state index in [2.05, 4.69) is 0 Å². The Hall–Kier alpha value is -1.40. The zero-order valence-corrected chi connectivity index (χ0v) is 10.9. The summed E-state index contributed by atoms with van der Waals surface area (Å²) in [6.07, 6.45) is 1.38. The van der Waals surface area contributed by atoms with E-state index in [9.17, 15) is 13.2 Å². The summed E-state index contributed by atoms with van der Waals surface area (Å²) in [5, 5.41) is 9.08. The van der Waals surface area contributed by atoms with Gasteiger partial charge in [-0.25, -0.2) is 8.42 Å². The van der Waals surface area contributed by atoms with Crippen LogP contribution in [0.1, 0.15) is 6.42 Å². The second-order valence-electron chi connectivity index (χ2n) is 4.50.